The van der Waals surface area contributed by atoms with E-state index in [9.17, 15) is 19.8 Å². The molecule has 6 nitrogen and oxygen atoms in total. The molecule has 3 unspecified atom stereocenters. The largest absolute Gasteiger partial charge is 0.461 e. The lowest BCUT2D eigenvalue weighted by atomic mass is 10.0. The summed E-state index contributed by atoms with van der Waals surface area (Å²) in [7, 11) is 0. The van der Waals surface area contributed by atoms with Crippen LogP contribution in [0.25, 0.3) is 0 Å². The number of unbranched alkanes of at least 4 members (excludes halogenated alkanes) is 32. The zero-order valence-corrected chi connectivity index (χ0v) is 42.4. The van der Waals surface area contributed by atoms with E-state index in [1.807, 2.05) is 54.7 Å². The van der Waals surface area contributed by atoms with Gasteiger partial charge in [-0.05, 0) is 19.3 Å². The van der Waals surface area contributed by atoms with E-state index >= 15 is 0 Å². The summed E-state index contributed by atoms with van der Waals surface area (Å²) in [6.45, 7) is 6.32. The maximum absolute atomic E-state index is 13.2. The van der Waals surface area contributed by atoms with Crippen LogP contribution in [0.3, 0.4) is 0 Å². The number of hydrogen-bond donors (Lipinski definition) is 3. The van der Waals surface area contributed by atoms with E-state index in [0.717, 1.165) is 44.9 Å². The molecule has 0 heterocycles. The summed E-state index contributed by atoms with van der Waals surface area (Å²) < 4.78 is 5.86. The highest BCUT2D eigenvalue weighted by Gasteiger charge is 2.23. The summed E-state index contributed by atoms with van der Waals surface area (Å²) in [6, 6.07) is -0.739. The van der Waals surface area contributed by atoms with Gasteiger partial charge in [-0.25, -0.2) is 0 Å². The summed E-state index contributed by atoms with van der Waals surface area (Å²) in [6.07, 6.45) is 64.6. The molecule has 0 saturated carbocycles. The van der Waals surface area contributed by atoms with Gasteiger partial charge in [0.15, 0.2) is 0 Å². The Bertz CT molecular complexity index is 1140. The van der Waals surface area contributed by atoms with Crippen LogP contribution in [0.15, 0.2) is 60.8 Å². The van der Waals surface area contributed by atoms with Crippen LogP contribution in [0, 0.1) is 0 Å². The number of hydrogen-bond acceptors (Lipinski definition) is 5. The molecule has 0 rings (SSSR count). The van der Waals surface area contributed by atoms with E-state index < -0.39 is 18.2 Å². The lowest BCUT2D eigenvalue weighted by molar-refractivity contribution is -0.150. The number of ether oxygens (including phenoxy) is 1. The SMILES string of the molecule is CC/C=C/C=C/C=C\C=C/C=C/CC(CC(=O)NC(CO)C(O)CCCCCCCCCCCCCCCCC)OC(=O)CCCCCCCCCCCCCCCCCCCCC. The Morgan fingerprint density at radius 1 is 0.469 bits per heavy atom. The van der Waals surface area contributed by atoms with Gasteiger partial charge >= 0.3 is 5.97 Å². The van der Waals surface area contributed by atoms with Crippen LogP contribution in [0.1, 0.15) is 271 Å². The average molecular weight is 896 g/mol. The van der Waals surface area contributed by atoms with Gasteiger partial charge < -0.3 is 20.3 Å². The van der Waals surface area contributed by atoms with Gasteiger partial charge in [-0.1, -0.05) is 293 Å². The molecular formula is C58H105NO5. The van der Waals surface area contributed by atoms with E-state index in [2.05, 4.69) is 32.2 Å². The molecule has 1 amide bonds. The number of aliphatic hydroxyl groups is 2. The van der Waals surface area contributed by atoms with E-state index in [4.69, 9.17) is 4.74 Å². The fourth-order valence-electron chi connectivity index (χ4n) is 8.34. The summed E-state index contributed by atoms with van der Waals surface area (Å²) in [5.74, 6) is -0.598. The minimum Gasteiger partial charge on any atom is -0.461 e. The second kappa shape index (κ2) is 51.5. The number of esters is 1. The van der Waals surface area contributed by atoms with E-state index in [0.29, 0.717) is 19.3 Å². The summed E-state index contributed by atoms with van der Waals surface area (Å²) in [5.41, 5.74) is 0. The molecule has 0 spiro atoms. The van der Waals surface area contributed by atoms with Crippen molar-refractivity contribution in [3.05, 3.63) is 60.8 Å². The molecular weight excluding hydrogens is 791 g/mol. The summed E-state index contributed by atoms with van der Waals surface area (Å²) in [5, 5.41) is 23.7. The maximum atomic E-state index is 13.2. The van der Waals surface area contributed by atoms with Crippen molar-refractivity contribution >= 4 is 11.9 Å². The molecule has 0 aromatic carbocycles. The topological polar surface area (TPSA) is 95.9 Å². The highest BCUT2D eigenvalue weighted by atomic mass is 16.5. The smallest absolute Gasteiger partial charge is 0.306 e. The van der Waals surface area contributed by atoms with Crippen LogP contribution in [0.5, 0.6) is 0 Å². The fraction of sp³-hybridized carbons (Fsp3) is 0.793. The normalized spacial score (nSPS) is 13.6. The van der Waals surface area contributed by atoms with Crippen molar-refractivity contribution in [1.82, 2.24) is 5.32 Å². The molecule has 3 atom stereocenters. The Morgan fingerprint density at radius 2 is 0.812 bits per heavy atom. The van der Waals surface area contributed by atoms with Gasteiger partial charge in [-0.15, -0.1) is 0 Å². The molecule has 0 fully saturated rings. The maximum Gasteiger partial charge on any atom is 0.306 e. The van der Waals surface area contributed by atoms with Crippen LogP contribution in [-0.4, -0.2) is 46.9 Å². The van der Waals surface area contributed by atoms with Gasteiger partial charge in [0.2, 0.25) is 5.91 Å². The first-order chi connectivity index (χ1) is 31.5. The van der Waals surface area contributed by atoms with Crippen molar-refractivity contribution in [2.24, 2.45) is 0 Å². The van der Waals surface area contributed by atoms with Gasteiger partial charge in [0, 0.05) is 12.8 Å². The second-order valence-electron chi connectivity index (χ2n) is 18.7. The van der Waals surface area contributed by atoms with Gasteiger partial charge in [-0.3, -0.25) is 9.59 Å². The molecule has 0 aliphatic carbocycles. The van der Waals surface area contributed by atoms with Crippen LogP contribution in [-0.2, 0) is 14.3 Å². The van der Waals surface area contributed by atoms with Crippen molar-refractivity contribution in [2.75, 3.05) is 6.61 Å². The van der Waals surface area contributed by atoms with Crippen LogP contribution >= 0.6 is 0 Å². The first kappa shape index (κ1) is 61.6. The van der Waals surface area contributed by atoms with E-state index in [-0.39, 0.29) is 24.9 Å². The van der Waals surface area contributed by atoms with E-state index in [1.54, 1.807) is 0 Å². The van der Waals surface area contributed by atoms with Crippen molar-refractivity contribution in [2.45, 2.75) is 289 Å². The Balaban J connectivity index is 4.52. The Morgan fingerprint density at radius 3 is 1.19 bits per heavy atom. The molecule has 0 aliphatic heterocycles. The standard InChI is InChI=1S/C58H105NO5/c1-4-7-10-13-16-19-22-24-26-27-28-29-31-33-36-39-42-45-48-51-58(63)64-54(49-46-43-40-37-34-21-18-15-12-9-6-3)52-57(62)59-55(53-60)56(61)50-47-44-41-38-35-32-30-25-23-20-17-14-11-8-5-2/h9,12,15,18,21,34,37,40,43,46,54-56,60-61H,4-8,10-11,13-14,16-17,19-20,22-33,35-36,38-39,41-42,44-45,47-53H2,1-3H3,(H,59,62)/b12-9+,18-15+,34-21-,40-37-,46-43+. The molecule has 64 heavy (non-hydrogen) atoms. The molecule has 372 valence electrons. The van der Waals surface area contributed by atoms with Crippen molar-refractivity contribution in [1.29, 1.82) is 0 Å². The summed E-state index contributed by atoms with van der Waals surface area (Å²) >= 11 is 0. The molecule has 0 saturated heterocycles. The predicted molar refractivity (Wildman–Crippen MR) is 278 cm³/mol. The zero-order chi connectivity index (χ0) is 46.7. The number of aliphatic hydroxyl groups excluding tert-OH is 2. The molecule has 3 N–H and O–H groups in total. The third-order valence-electron chi connectivity index (χ3n) is 12.5. The van der Waals surface area contributed by atoms with Gasteiger partial charge in [-0.2, -0.15) is 0 Å². The lowest BCUT2D eigenvalue weighted by Gasteiger charge is -2.24. The van der Waals surface area contributed by atoms with Crippen LogP contribution in [0.4, 0.5) is 0 Å². The number of amides is 1. The summed E-state index contributed by atoms with van der Waals surface area (Å²) in [4.78, 5) is 26.1. The Hall–Kier alpha value is -2.44. The first-order valence-electron chi connectivity index (χ1n) is 27.6. The average Bonchev–Trinajstić information content (AvgIpc) is 3.29. The molecule has 0 aromatic heterocycles. The monoisotopic (exact) mass is 896 g/mol. The minimum atomic E-state index is -0.818. The van der Waals surface area contributed by atoms with Gasteiger partial charge in [0.05, 0.1) is 25.2 Å². The lowest BCUT2D eigenvalue weighted by Crippen LogP contribution is -2.46. The van der Waals surface area contributed by atoms with E-state index in [1.165, 1.54) is 180 Å². The quantitative estimate of drug-likeness (QED) is 0.0321. The molecule has 0 radical (unpaired) electrons. The number of carbonyl (C=O) groups excluding carboxylic acids is 2. The van der Waals surface area contributed by atoms with Crippen LogP contribution < -0.4 is 5.32 Å². The third-order valence-corrected chi connectivity index (χ3v) is 12.5. The highest BCUT2D eigenvalue weighted by Crippen LogP contribution is 2.18. The molecule has 0 aliphatic rings. The first-order valence-corrected chi connectivity index (χ1v) is 27.6. The van der Waals surface area contributed by atoms with Crippen molar-refractivity contribution in [3.63, 3.8) is 0 Å². The van der Waals surface area contributed by atoms with Gasteiger partial charge in [0.1, 0.15) is 6.10 Å². The second-order valence-corrected chi connectivity index (χ2v) is 18.7. The highest BCUT2D eigenvalue weighted by molar-refractivity contribution is 5.77. The van der Waals surface area contributed by atoms with Crippen LogP contribution in [0.2, 0.25) is 0 Å². The Kier molecular flexibility index (Phi) is 49.6. The minimum absolute atomic E-state index is 0.0167. The zero-order valence-electron chi connectivity index (χ0n) is 42.4. The predicted octanol–water partition coefficient (Wildman–Crippen LogP) is 16.8. The molecule has 6 heteroatoms. The van der Waals surface area contributed by atoms with Crippen molar-refractivity contribution < 1.29 is 24.5 Å². The number of allylic oxidation sites excluding steroid dienone is 9. The number of nitrogens with one attached hydrogen (secondary N) is 1. The fourth-order valence-corrected chi connectivity index (χ4v) is 8.34. The number of rotatable bonds is 49. The molecule has 0 aromatic rings. The third kappa shape index (κ3) is 46.1. The van der Waals surface area contributed by atoms with Gasteiger partial charge in [0.25, 0.3) is 0 Å². The van der Waals surface area contributed by atoms with Crippen molar-refractivity contribution in [3.8, 4) is 0 Å². The molecule has 0 bridgehead atoms. The number of carbonyl (C=O) groups is 2. The Labute approximate surface area is 397 Å².